The maximum Gasteiger partial charge on any atom is 0.230 e. The van der Waals surface area contributed by atoms with Crippen molar-refractivity contribution in [3.05, 3.63) is 54.6 Å². The fourth-order valence-corrected chi connectivity index (χ4v) is 3.24. The number of nitrogen functional groups attached to an aromatic ring is 1. The summed E-state index contributed by atoms with van der Waals surface area (Å²) in [7, 11) is 1.59. The van der Waals surface area contributed by atoms with Gasteiger partial charge in [-0.1, -0.05) is 30.0 Å². The number of ether oxygens (including phenoxy) is 1. The zero-order chi connectivity index (χ0) is 21.3. The van der Waals surface area contributed by atoms with Crippen molar-refractivity contribution in [2.45, 2.75) is 11.6 Å². The van der Waals surface area contributed by atoms with Crippen LogP contribution in [0.15, 0.2) is 59.8 Å². The molecule has 0 saturated heterocycles. The largest absolute Gasteiger partial charge is 0.497 e. The van der Waals surface area contributed by atoms with Gasteiger partial charge in [0.2, 0.25) is 17.0 Å². The number of aromatic nitrogens is 3. The minimum absolute atomic E-state index is 0.109. The van der Waals surface area contributed by atoms with E-state index in [1.165, 1.54) is 16.4 Å². The van der Waals surface area contributed by atoms with E-state index in [0.717, 1.165) is 17.0 Å². The van der Waals surface area contributed by atoms with Crippen molar-refractivity contribution in [2.24, 2.45) is 0 Å². The Kier molecular flexibility index (Phi) is 7.28. The van der Waals surface area contributed by atoms with Crippen LogP contribution in [-0.4, -0.2) is 46.1 Å². The Bertz CT molecular complexity index is 992. The maximum atomic E-state index is 12.0. The van der Waals surface area contributed by atoms with Crippen molar-refractivity contribution in [1.82, 2.24) is 20.2 Å². The fourth-order valence-electron chi connectivity index (χ4n) is 2.55. The van der Waals surface area contributed by atoms with Crippen LogP contribution in [0.5, 0.6) is 5.75 Å². The van der Waals surface area contributed by atoms with E-state index in [0.29, 0.717) is 11.0 Å². The molecule has 30 heavy (non-hydrogen) atoms. The summed E-state index contributed by atoms with van der Waals surface area (Å²) in [5.74, 6) is 6.99. The number of nitrogens with one attached hydrogen (secondary N) is 2. The number of hydrogen-bond acceptors (Lipinski definition) is 7. The molecule has 0 aliphatic rings. The molecule has 0 atom stereocenters. The van der Waals surface area contributed by atoms with Gasteiger partial charge in [0, 0.05) is 24.2 Å². The van der Waals surface area contributed by atoms with Crippen LogP contribution in [0, 0.1) is 0 Å². The van der Waals surface area contributed by atoms with Gasteiger partial charge in [-0.2, -0.15) is 0 Å². The first-order chi connectivity index (χ1) is 14.6. The lowest BCUT2D eigenvalue weighted by Crippen LogP contribution is -2.29. The highest BCUT2D eigenvalue weighted by Gasteiger charge is 2.14. The van der Waals surface area contributed by atoms with Gasteiger partial charge in [0.1, 0.15) is 5.75 Å². The van der Waals surface area contributed by atoms with E-state index in [9.17, 15) is 9.59 Å². The van der Waals surface area contributed by atoms with Gasteiger partial charge >= 0.3 is 0 Å². The molecule has 0 aliphatic carbocycles. The third-order valence-corrected chi connectivity index (χ3v) is 5.02. The molecule has 0 radical (unpaired) electrons. The normalized spacial score (nSPS) is 10.4. The third-order valence-electron chi connectivity index (χ3n) is 4.08. The highest BCUT2D eigenvalue weighted by molar-refractivity contribution is 7.99. The number of thioether (sulfide) groups is 1. The van der Waals surface area contributed by atoms with E-state index in [2.05, 4.69) is 20.8 Å². The van der Waals surface area contributed by atoms with Crippen LogP contribution in [0.1, 0.15) is 6.42 Å². The summed E-state index contributed by atoms with van der Waals surface area (Å²) in [5.41, 5.74) is 1.51. The van der Waals surface area contributed by atoms with Crippen molar-refractivity contribution in [2.75, 3.05) is 30.6 Å². The molecule has 1 aromatic heterocycles. The minimum atomic E-state index is -0.221. The molecule has 10 heteroatoms. The van der Waals surface area contributed by atoms with Gasteiger partial charge in [-0.3, -0.25) is 9.59 Å². The van der Waals surface area contributed by atoms with Crippen molar-refractivity contribution in [1.29, 1.82) is 0 Å². The number of anilines is 1. The van der Waals surface area contributed by atoms with Crippen LogP contribution >= 0.6 is 11.8 Å². The van der Waals surface area contributed by atoms with Crippen molar-refractivity contribution in [3.63, 3.8) is 0 Å². The van der Waals surface area contributed by atoms with Crippen molar-refractivity contribution >= 4 is 29.3 Å². The molecular weight excluding hydrogens is 404 g/mol. The number of nitrogens with zero attached hydrogens (tertiary/aromatic N) is 3. The molecule has 2 aromatic carbocycles. The first-order valence-electron chi connectivity index (χ1n) is 9.16. The molecule has 9 nitrogen and oxygen atoms in total. The minimum Gasteiger partial charge on any atom is -0.497 e. The molecule has 4 N–H and O–H groups in total. The third kappa shape index (κ3) is 5.74. The SMILES string of the molecule is COc1ccc(-c2nnc(SCC(=O)NCCC(=O)Nc3ccccc3)n2N)cc1. The van der Waals surface area contributed by atoms with E-state index < -0.39 is 0 Å². The van der Waals surface area contributed by atoms with Gasteiger partial charge in [0.15, 0.2) is 5.82 Å². The van der Waals surface area contributed by atoms with Crippen LogP contribution in [0.4, 0.5) is 5.69 Å². The lowest BCUT2D eigenvalue weighted by Gasteiger charge is -2.07. The second-order valence-electron chi connectivity index (χ2n) is 6.21. The second-order valence-corrected chi connectivity index (χ2v) is 7.15. The van der Waals surface area contributed by atoms with Gasteiger partial charge in [-0.05, 0) is 36.4 Å². The quantitative estimate of drug-likeness (QED) is 0.353. The summed E-state index contributed by atoms with van der Waals surface area (Å²) in [6.45, 7) is 0.241. The molecule has 0 unspecified atom stereocenters. The molecule has 3 rings (SSSR count). The van der Waals surface area contributed by atoms with Crippen LogP contribution in [-0.2, 0) is 9.59 Å². The van der Waals surface area contributed by atoms with E-state index in [1.54, 1.807) is 31.4 Å². The Morgan fingerprint density at radius 1 is 1.07 bits per heavy atom. The number of rotatable bonds is 9. The summed E-state index contributed by atoms with van der Waals surface area (Å²) in [6, 6.07) is 16.4. The number of carbonyl (C=O) groups excluding carboxylic acids is 2. The van der Waals surface area contributed by atoms with E-state index in [-0.39, 0.29) is 30.5 Å². The molecule has 0 aliphatic heterocycles. The zero-order valence-electron chi connectivity index (χ0n) is 16.4. The molecule has 0 bridgehead atoms. The van der Waals surface area contributed by atoms with Gasteiger partial charge in [0.25, 0.3) is 0 Å². The van der Waals surface area contributed by atoms with Crippen molar-refractivity contribution in [3.8, 4) is 17.1 Å². The molecule has 3 aromatic rings. The highest BCUT2D eigenvalue weighted by Crippen LogP contribution is 2.23. The lowest BCUT2D eigenvalue weighted by molar-refractivity contribution is -0.119. The van der Waals surface area contributed by atoms with E-state index >= 15 is 0 Å². The number of methoxy groups -OCH3 is 1. The Morgan fingerprint density at radius 3 is 2.50 bits per heavy atom. The van der Waals surface area contributed by atoms with Gasteiger partial charge in [0.05, 0.1) is 12.9 Å². The van der Waals surface area contributed by atoms with Crippen molar-refractivity contribution < 1.29 is 14.3 Å². The van der Waals surface area contributed by atoms with Crippen LogP contribution in [0.25, 0.3) is 11.4 Å². The fraction of sp³-hybridized carbons (Fsp3) is 0.200. The summed E-state index contributed by atoms with van der Waals surface area (Å²) >= 11 is 1.17. The highest BCUT2D eigenvalue weighted by atomic mass is 32.2. The number of hydrogen-bond donors (Lipinski definition) is 3. The topological polar surface area (TPSA) is 124 Å². The predicted octanol–water partition coefficient (Wildman–Crippen LogP) is 1.90. The lowest BCUT2D eigenvalue weighted by atomic mass is 10.2. The number of nitrogens with two attached hydrogens (primary N) is 1. The summed E-state index contributed by atoms with van der Waals surface area (Å²) < 4.78 is 6.47. The monoisotopic (exact) mass is 426 g/mol. The first-order valence-corrected chi connectivity index (χ1v) is 10.1. The second kappa shape index (κ2) is 10.3. The van der Waals surface area contributed by atoms with Gasteiger partial charge < -0.3 is 21.2 Å². The average Bonchev–Trinajstić information content (AvgIpc) is 3.13. The zero-order valence-corrected chi connectivity index (χ0v) is 17.2. The molecule has 0 spiro atoms. The number of para-hydroxylation sites is 1. The Labute approximate surface area is 178 Å². The summed E-state index contributed by atoms with van der Waals surface area (Å²) in [6.07, 6.45) is 0.181. The number of amides is 2. The van der Waals surface area contributed by atoms with Crippen LogP contribution in [0.2, 0.25) is 0 Å². The Balaban J connectivity index is 1.43. The number of carbonyl (C=O) groups is 2. The molecule has 0 saturated carbocycles. The molecule has 0 fully saturated rings. The maximum absolute atomic E-state index is 12.0. The van der Waals surface area contributed by atoms with Gasteiger partial charge in [-0.25, -0.2) is 4.68 Å². The molecule has 1 heterocycles. The van der Waals surface area contributed by atoms with E-state index in [1.807, 2.05) is 30.3 Å². The molecule has 156 valence electrons. The first kappa shape index (κ1) is 21.2. The predicted molar refractivity (Wildman–Crippen MR) is 116 cm³/mol. The van der Waals surface area contributed by atoms with E-state index in [4.69, 9.17) is 10.6 Å². The standard InChI is InChI=1S/C20H22N6O3S/c1-29-16-9-7-14(8-10-16)19-24-25-20(26(19)21)30-13-18(28)22-12-11-17(27)23-15-5-3-2-4-6-15/h2-10H,11-13,21H2,1H3,(H,22,28)(H,23,27). The number of benzene rings is 2. The van der Waals surface area contributed by atoms with Gasteiger partial charge in [-0.15, -0.1) is 10.2 Å². The average molecular weight is 427 g/mol. The Hall–Kier alpha value is -3.53. The molecular formula is C20H22N6O3S. The smallest absolute Gasteiger partial charge is 0.230 e. The van der Waals surface area contributed by atoms with Crippen LogP contribution < -0.4 is 21.2 Å². The van der Waals surface area contributed by atoms with Crippen LogP contribution in [0.3, 0.4) is 0 Å². The summed E-state index contributed by atoms with van der Waals surface area (Å²) in [4.78, 5) is 23.9. The summed E-state index contributed by atoms with van der Waals surface area (Å²) in [5, 5.41) is 14.0. The Morgan fingerprint density at radius 2 is 1.80 bits per heavy atom. The molecule has 2 amide bonds.